The van der Waals surface area contributed by atoms with Crippen molar-refractivity contribution in [3.05, 3.63) is 28.0 Å². The molecular formula is C13H17N5OS. The number of aromatic amines is 1. The molecule has 2 aromatic heterocycles. The van der Waals surface area contributed by atoms with E-state index in [4.69, 9.17) is 5.73 Å². The van der Waals surface area contributed by atoms with Gasteiger partial charge < -0.3 is 11.1 Å². The number of nitrogens with two attached hydrogens (primary N) is 1. The van der Waals surface area contributed by atoms with Gasteiger partial charge in [-0.25, -0.2) is 4.98 Å². The molecule has 1 amide bonds. The van der Waals surface area contributed by atoms with Gasteiger partial charge in [-0.1, -0.05) is 6.92 Å². The quantitative estimate of drug-likeness (QED) is 0.794. The number of fused-ring (bicyclic) bond motifs is 1. The summed E-state index contributed by atoms with van der Waals surface area (Å²) < 4.78 is 0. The Labute approximate surface area is 120 Å². The number of aryl methyl sites for hydroxylation is 2. The fourth-order valence-corrected chi connectivity index (χ4v) is 3.52. The van der Waals surface area contributed by atoms with Crippen LogP contribution in [0.3, 0.4) is 0 Å². The van der Waals surface area contributed by atoms with Gasteiger partial charge in [0.25, 0.3) is 5.91 Å². The summed E-state index contributed by atoms with van der Waals surface area (Å²) in [7, 11) is 0. The average Bonchev–Trinajstić information content (AvgIpc) is 3.02. The molecule has 4 N–H and O–H groups in total. The molecule has 2 aromatic rings. The van der Waals surface area contributed by atoms with Crippen molar-refractivity contribution >= 4 is 22.4 Å². The van der Waals surface area contributed by atoms with Crippen molar-refractivity contribution < 1.29 is 4.79 Å². The summed E-state index contributed by atoms with van der Waals surface area (Å²) in [6, 6.07) is 0.148. The van der Waals surface area contributed by atoms with Crippen LogP contribution in [0, 0.1) is 0 Å². The lowest BCUT2D eigenvalue weighted by Gasteiger charge is -2.22. The van der Waals surface area contributed by atoms with Crippen molar-refractivity contribution in [1.29, 1.82) is 0 Å². The van der Waals surface area contributed by atoms with E-state index in [0.29, 0.717) is 10.7 Å². The largest absolute Gasteiger partial charge is 0.375 e. The Kier molecular flexibility index (Phi) is 3.43. The van der Waals surface area contributed by atoms with Gasteiger partial charge in [0, 0.05) is 23.0 Å². The Balaban J connectivity index is 1.69. The van der Waals surface area contributed by atoms with Crippen LogP contribution < -0.4 is 11.1 Å². The predicted octanol–water partition coefficient (Wildman–Crippen LogP) is 1.30. The van der Waals surface area contributed by atoms with E-state index < -0.39 is 0 Å². The monoisotopic (exact) mass is 291 g/mol. The number of H-pyrrole nitrogens is 1. The minimum atomic E-state index is -0.0541. The first kappa shape index (κ1) is 13.1. The number of amides is 1. The van der Waals surface area contributed by atoms with E-state index in [0.717, 1.165) is 37.1 Å². The second kappa shape index (κ2) is 5.24. The highest BCUT2D eigenvalue weighted by Gasteiger charge is 2.24. The number of carbonyl (C=O) groups is 1. The third-order valence-electron chi connectivity index (χ3n) is 3.61. The molecule has 0 radical (unpaired) electrons. The van der Waals surface area contributed by atoms with E-state index in [1.54, 1.807) is 6.20 Å². The lowest BCUT2D eigenvalue weighted by molar-refractivity contribution is 0.0933. The molecule has 7 heteroatoms. The molecular weight excluding hydrogens is 274 g/mol. The van der Waals surface area contributed by atoms with Gasteiger partial charge in [-0.2, -0.15) is 5.10 Å². The van der Waals surface area contributed by atoms with Crippen LogP contribution >= 0.6 is 11.3 Å². The zero-order valence-electron chi connectivity index (χ0n) is 11.3. The van der Waals surface area contributed by atoms with Gasteiger partial charge in [0.05, 0.1) is 17.5 Å². The highest BCUT2D eigenvalue weighted by Crippen LogP contribution is 2.28. The summed E-state index contributed by atoms with van der Waals surface area (Å²) in [5.74, 6) is -0.0541. The number of anilines is 1. The Morgan fingerprint density at radius 2 is 2.50 bits per heavy atom. The molecule has 0 saturated carbocycles. The molecule has 1 aliphatic rings. The molecule has 20 heavy (non-hydrogen) atoms. The van der Waals surface area contributed by atoms with Gasteiger partial charge in [0.15, 0.2) is 5.13 Å². The van der Waals surface area contributed by atoms with Crippen LogP contribution in [0.1, 0.15) is 40.0 Å². The van der Waals surface area contributed by atoms with Crippen molar-refractivity contribution in [1.82, 2.24) is 20.5 Å². The first-order valence-corrected chi connectivity index (χ1v) is 7.56. The van der Waals surface area contributed by atoms with Crippen LogP contribution in [-0.4, -0.2) is 27.1 Å². The van der Waals surface area contributed by atoms with Crippen molar-refractivity contribution in [2.24, 2.45) is 0 Å². The summed E-state index contributed by atoms with van der Waals surface area (Å²) in [4.78, 5) is 17.8. The van der Waals surface area contributed by atoms with E-state index in [1.165, 1.54) is 16.2 Å². The summed E-state index contributed by atoms with van der Waals surface area (Å²) >= 11 is 1.52. The number of rotatable bonds is 3. The van der Waals surface area contributed by atoms with Crippen molar-refractivity contribution in [2.45, 2.75) is 38.6 Å². The number of nitrogens with one attached hydrogen (secondary N) is 2. The molecule has 0 fully saturated rings. The van der Waals surface area contributed by atoms with Gasteiger partial charge >= 0.3 is 0 Å². The Hall–Kier alpha value is -1.89. The zero-order chi connectivity index (χ0) is 14.1. The minimum absolute atomic E-state index is 0.0541. The number of hydrogen-bond acceptors (Lipinski definition) is 5. The second-order valence-electron chi connectivity index (χ2n) is 4.95. The number of nitrogens with zero attached hydrogens (tertiary/aromatic N) is 2. The van der Waals surface area contributed by atoms with Crippen LogP contribution in [0.2, 0.25) is 0 Å². The Morgan fingerprint density at radius 3 is 3.30 bits per heavy atom. The van der Waals surface area contributed by atoms with Crippen molar-refractivity contribution in [2.75, 3.05) is 5.73 Å². The number of carbonyl (C=O) groups excluding carboxylic acids is 1. The van der Waals surface area contributed by atoms with Gasteiger partial charge in [-0.15, -0.1) is 11.3 Å². The zero-order valence-corrected chi connectivity index (χ0v) is 12.1. The van der Waals surface area contributed by atoms with E-state index in [-0.39, 0.29) is 11.9 Å². The lowest BCUT2D eigenvalue weighted by atomic mass is 9.97. The third kappa shape index (κ3) is 2.40. The summed E-state index contributed by atoms with van der Waals surface area (Å²) in [6.07, 6.45) is 4.95. The maximum atomic E-state index is 12.3. The topological polar surface area (TPSA) is 96.7 Å². The standard InChI is InChI=1S/C13H17N5OS/c1-2-9-8(6-15-18-9)12(19)16-7-3-4-10-11(5-7)20-13(14)17-10/h6-7H,2-5H2,1H3,(H2,14,17)(H,15,18)(H,16,19)/t7-/m0/s1. The molecule has 3 rings (SSSR count). The van der Waals surface area contributed by atoms with Crippen LogP contribution in [0.25, 0.3) is 0 Å². The molecule has 1 atom stereocenters. The molecule has 0 saturated heterocycles. The Morgan fingerprint density at radius 1 is 1.65 bits per heavy atom. The average molecular weight is 291 g/mol. The summed E-state index contributed by atoms with van der Waals surface area (Å²) in [6.45, 7) is 2.00. The van der Waals surface area contributed by atoms with Crippen LogP contribution in [-0.2, 0) is 19.3 Å². The maximum Gasteiger partial charge on any atom is 0.254 e. The number of hydrogen-bond donors (Lipinski definition) is 3. The van der Waals surface area contributed by atoms with E-state index in [9.17, 15) is 4.79 Å². The van der Waals surface area contributed by atoms with Gasteiger partial charge in [0.1, 0.15) is 0 Å². The highest BCUT2D eigenvalue weighted by molar-refractivity contribution is 7.15. The molecule has 2 heterocycles. The van der Waals surface area contributed by atoms with E-state index in [2.05, 4.69) is 20.5 Å². The molecule has 0 aromatic carbocycles. The molecule has 6 nitrogen and oxygen atoms in total. The Bertz CT molecular complexity index is 632. The fourth-order valence-electron chi connectivity index (χ4n) is 2.56. The first-order chi connectivity index (χ1) is 9.67. The molecule has 0 bridgehead atoms. The molecule has 106 valence electrons. The number of thiazole rings is 1. The highest BCUT2D eigenvalue weighted by atomic mass is 32.1. The molecule has 0 unspecified atom stereocenters. The predicted molar refractivity (Wildman–Crippen MR) is 77.8 cm³/mol. The fraction of sp³-hybridized carbons (Fsp3) is 0.462. The normalized spacial score (nSPS) is 17.8. The summed E-state index contributed by atoms with van der Waals surface area (Å²) in [5, 5.41) is 10.5. The molecule has 0 spiro atoms. The van der Waals surface area contributed by atoms with Crippen LogP contribution in [0.15, 0.2) is 6.20 Å². The smallest absolute Gasteiger partial charge is 0.254 e. The van der Waals surface area contributed by atoms with Gasteiger partial charge in [-0.05, 0) is 19.3 Å². The third-order valence-corrected chi connectivity index (χ3v) is 4.56. The van der Waals surface area contributed by atoms with Crippen molar-refractivity contribution in [3.63, 3.8) is 0 Å². The van der Waals surface area contributed by atoms with E-state index in [1.807, 2.05) is 6.92 Å². The minimum Gasteiger partial charge on any atom is -0.375 e. The van der Waals surface area contributed by atoms with Gasteiger partial charge in [-0.3, -0.25) is 9.89 Å². The first-order valence-electron chi connectivity index (χ1n) is 6.74. The number of aromatic nitrogens is 3. The second-order valence-corrected chi connectivity index (χ2v) is 6.07. The van der Waals surface area contributed by atoms with Crippen LogP contribution in [0.4, 0.5) is 5.13 Å². The number of nitrogen functional groups attached to an aromatic ring is 1. The van der Waals surface area contributed by atoms with E-state index >= 15 is 0 Å². The maximum absolute atomic E-state index is 12.3. The SMILES string of the molecule is CCc1[nH]ncc1C(=O)N[C@H]1CCc2nc(N)sc2C1. The summed E-state index contributed by atoms with van der Waals surface area (Å²) in [5.41, 5.74) is 8.34. The molecule has 0 aliphatic heterocycles. The van der Waals surface area contributed by atoms with Crippen LogP contribution in [0.5, 0.6) is 0 Å². The molecule has 1 aliphatic carbocycles. The van der Waals surface area contributed by atoms with Crippen molar-refractivity contribution in [3.8, 4) is 0 Å². The lowest BCUT2D eigenvalue weighted by Crippen LogP contribution is -2.38. The van der Waals surface area contributed by atoms with Gasteiger partial charge in [0.2, 0.25) is 0 Å².